The van der Waals surface area contributed by atoms with Crippen LogP contribution in [0.4, 0.5) is 22.4 Å². The molecular weight excluding hydrogens is 406 g/mol. The summed E-state index contributed by atoms with van der Waals surface area (Å²) < 4.78 is 64.5. The van der Waals surface area contributed by atoms with Crippen LogP contribution in [0.25, 0.3) is 11.0 Å². The van der Waals surface area contributed by atoms with Crippen LogP contribution in [-0.4, -0.2) is 30.3 Å². The SMILES string of the molecule is Cc1c([C@H](NC(=O)NC2=C=[N+]=C(N)N=C2)C(F)(F)F)oc2c(C3CC3)cc(F)cc12. The summed E-state index contributed by atoms with van der Waals surface area (Å²) in [6.45, 7) is 1.40. The zero-order valence-corrected chi connectivity index (χ0v) is 15.6. The number of aryl methyl sites for hydroxylation is 1. The van der Waals surface area contributed by atoms with Crippen molar-refractivity contribution in [3.8, 4) is 0 Å². The van der Waals surface area contributed by atoms with Crippen LogP contribution in [0, 0.1) is 12.7 Å². The van der Waals surface area contributed by atoms with E-state index in [-0.39, 0.29) is 34.1 Å². The van der Waals surface area contributed by atoms with E-state index in [4.69, 9.17) is 10.2 Å². The Hall–Kier alpha value is -3.55. The third-order valence-electron chi connectivity index (χ3n) is 4.82. The first-order chi connectivity index (χ1) is 14.1. The molecular formula is C19H16F4N5O2+. The fraction of sp³-hybridized carbons (Fsp3) is 0.316. The molecule has 0 saturated heterocycles. The lowest BCUT2D eigenvalue weighted by Gasteiger charge is -2.20. The first kappa shape index (κ1) is 19.8. The summed E-state index contributed by atoms with van der Waals surface area (Å²) in [6.07, 6.45) is -2.13. The van der Waals surface area contributed by atoms with Crippen molar-refractivity contribution in [1.82, 2.24) is 15.3 Å². The van der Waals surface area contributed by atoms with E-state index in [1.807, 2.05) is 5.32 Å². The smallest absolute Gasteiger partial charge is 0.458 e. The molecule has 1 aromatic heterocycles. The zero-order valence-electron chi connectivity index (χ0n) is 15.6. The molecule has 1 aliphatic heterocycles. The summed E-state index contributed by atoms with van der Waals surface area (Å²) in [7, 11) is 0. The number of halogens is 4. The molecule has 1 atom stereocenters. The summed E-state index contributed by atoms with van der Waals surface area (Å²) in [5.41, 5.74) is 6.10. The molecule has 4 rings (SSSR count). The molecule has 2 aromatic rings. The van der Waals surface area contributed by atoms with Crippen molar-refractivity contribution < 1.29 is 26.8 Å². The number of hydrogen-bond donors (Lipinski definition) is 3. The second kappa shape index (κ2) is 7.05. The fourth-order valence-corrected chi connectivity index (χ4v) is 3.25. The molecule has 0 spiro atoms. The number of fused-ring (bicyclic) bond motifs is 1. The van der Waals surface area contributed by atoms with Gasteiger partial charge in [-0.2, -0.15) is 17.8 Å². The first-order valence-corrected chi connectivity index (χ1v) is 9.00. The molecule has 1 saturated carbocycles. The Bertz CT molecular complexity index is 1180. The molecule has 30 heavy (non-hydrogen) atoms. The Morgan fingerprint density at radius 3 is 2.73 bits per heavy atom. The van der Waals surface area contributed by atoms with Crippen molar-refractivity contribution in [2.45, 2.75) is 37.9 Å². The highest BCUT2D eigenvalue weighted by Gasteiger charge is 2.46. The number of hydrogen-bond acceptors (Lipinski definition) is 4. The molecule has 7 nitrogen and oxygen atoms in total. The second-order valence-corrected chi connectivity index (χ2v) is 7.06. The van der Waals surface area contributed by atoms with Crippen molar-refractivity contribution >= 4 is 35.0 Å². The van der Waals surface area contributed by atoms with E-state index >= 15 is 0 Å². The van der Waals surface area contributed by atoms with Crippen LogP contribution in [0.15, 0.2) is 27.2 Å². The molecule has 0 unspecified atom stereocenters. The maximum atomic E-state index is 14.0. The predicted molar refractivity (Wildman–Crippen MR) is 102 cm³/mol. The molecule has 4 N–H and O–H groups in total. The highest BCUT2D eigenvalue weighted by molar-refractivity contribution is 6.03. The third kappa shape index (κ3) is 3.80. The Morgan fingerprint density at radius 2 is 2.13 bits per heavy atom. The second-order valence-electron chi connectivity index (χ2n) is 7.06. The van der Waals surface area contributed by atoms with Gasteiger partial charge >= 0.3 is 18.2 Å². The van der Waals surface area contributed by atoms with Crippen LogP contribution in [0.3, 0.4) is 0 Å². The molecule has 2 aliphatic rings. The Morgan fingerprint density at radius 1 is 1.40 bits per heavy atom. The van der Waals surface area contributed by atoms with Crippen LogP contribution in [0.5, 0.6) is 0 Å². The van der Waals surface area contributed by atoms with Crippen LogP contribution >= 0.6 is 0 Å². The van der Waals surface area contributed by atoms with E-state index in [1.165, 1.54) is 13.0 Å². The van der Waals surface area contributed by atoms with Crippen molar-refractivity contribution in [1.29, 1.82) is 0 Å². The van der Waals surface area contributed by atoms with Gasteiger partial charge in [0.05, 0.1) is 0 Å². The number of nitrogens with two attached hydrogens (primary N) is 1. The number of amides is 2. The first-order valence-electron chi connectivity index (χ1n) is 9.00. The molecule has 2 heterocycles. The van der Waals surface area contributed by atoms with Gasteiger partial charge in [-0.25, -0.2) is 9.18 Å². The van der Waals surface area contributed by atoms with Gasteiger partial charge in [0.25, 0.3) is 0 Å². The minimum absolute atomic E-state index is 0.0586. The predicted octanol–water partition coefficient (Wildman–Crippen LogP) is 2.68. The average molecular weight is 422 g/mol. The maximum Gasteiger partial charge on any atom is 0.487 e. The highest BCUT2D eigenvalue weighted by Crippen LogP contribution is 2.46. The van der Waals surface area contributed by atoms with E-state index in [0.717, 1.165) is 25.1 Å². The van der Waals surface area contributed by atoms with E-state index in [1.54, 1.807) is 0 Å². The van der Waals surface area contributed by atoms with Gasteiger partial charge in [-0.05, 0) is 37.8 Å². The number of benzene rings is 1. The highest BCUT2D eigenvalue weighted by atomic mass is 19.4. The van der Waals surface area contributed by atoms with Gasteiger partial charge in [-0.1, -0.05) is 4.99 Å². The van der Waals surface area contributed by atoms with Crippen molar-refractivity contribution in [3.63, 3.8) is 0 Å². The van der Waals surface area contributed by atoms with Crippen molar-refractivity contribution in [2.24, 2.45) is 10.7 Å². The molecule has 11 heteroatoms. The summed E-state index contributed by atoms with van der Waals surface area (Å²) in [5.74, 6) is 1.23. The van der Waals surface area contributed by atoms with Crippen molar-refractivity contribution in [2.75, 3.05) is 0 Å². The molecule has 156 valence electrons. The number of alkyl halides is 3. The zero-order chi connectivity index (χ0) is 21.6. The fourth-order valence-electron chi connectivity index (χ4n) is 3.25. The number of aliphatic imine (C=N–C) groups is 1. The third-order valence-corrected chi connectivity index (χ3v) is 4.82. The number of urea groups is 1. The van der Waals surface area contributed by atoms with E-state index in [0.29, 0.717) is 5.56 Å². The molecule has 2 amide bonds. The van der Waals surface area contributed by atoms with Crippen LogP contribution < -0.4 is 21.0 Å². The lowest BCUT2D eigenvalue weighted by Crippen LogP contribution is -2.44. The number of allylic oxidation sites excluding steroid dienone is 1. The van der Waals surface area contributed by atoms with E-state index in [9.17, 15) is 22.4 Å². The Balaban J connectivity index is 1.69. The summed E-state index contributed by atoms with van der Waals surface area (Å²) in [6, 6.07) is -1.20. The number of rotatable bonds is 4. The number of nitrogens with zero attached hydrogens (tertiary/aromatic N) is 2. The lowest BCUT2D eigenvalue weighted by molar-refractivity contribution is -0.158. The molecule has 1 aliphatic carbocycles. The van der Waals surface area contributed by atoms with Gasteiger partial charge in [0.15, 0.2) is 17.6 Å². The number of nitrogens with one attached hydrogen (secondary N) is 2. The Kier molecular flexibility index (Phi) is 4.64. The van der Waals surface area contributed by atoms with Gasteiger partial charge in [0, 0.05) is 16.5 Å². The summed E-state index contributed by atoms with van der Waals surface area (Å²) in [5, 5.41) is 4.26. The van der Waals surface area contributed by atoms with Crippen molar-refractivity contribution in [3.05, 3.63) is 40.5 Å². The normalized spacial score (nSPS) is 17.0. The molecule has 1 fully saturated rings. The van der Waals surface area contributed by atoms with Gasteiger partial charge in [0.2, 0.25) is 0 Å². The number of guanidine groups is 1. The van der Waals surface area contributed by atoms with Gasteiger partial charge in [0.1, 0.15) is 23.4 Å². The summed E-state index contributed by atoms with van der Waals surface area (Å²) >= 11 is 0. The minimum atomic E-state index is -4.87. The average Bonchev–Trinajstić information content (AvgIpc) is 3.46. The number of carbonyl (C=O) groups excluding carboxylic acids is 1. The maximum absolute atomic E-state index is 14.0. The number of furan rings is 1. The van der Waals surface area contributed by atoms with Gasteiger partial charge < -0.3 is 9.73 Å². The topological polar surface area (TPSA) is 107 Å². The van der Waals surface area contributed by atoms with Gasteiger partial charge in [-0.3, -0.25) is 11.1 Å². The molecule has 1 aromatic carbocycles. The quantitative estimate of drug-likeness (QED) is 0.521. The number of carbonyl (C=O) groups is 1. The largest absolute Gasteiger partial charge is 0.487 e. The van der Waals surface area contributed by atoms with Crippen LogP contribution in [-0.2, 0) is 0 Å². The standard InChI is InChI=1S/C19H15F4N5O2/c1-8-12-4-10(20)5-13(9-2-3-9)15(12)30-14(8)16(19(21,22)23)28-18(29)27-11-6-25-17(24)26-7-11/h4-6,9,16,24H,2-3H2,1H3,(H2,27,28,29)/p+1/t16-/m0/s1. The van der Waals surface area contributed by atoms with Crippen LogP contribution in [0.2, 0.25) is 0 Å². The minimum Gasteiger partial charge on any atom is -0.458 e. The van der Waals surface area contributed by atoms with Crippen LogP contribution in [0.1, 0.15) is 41.7 Å². The lowest BCUT2D eigenvalue weighted by atomic mass is 10.0. The van der Waals surface area contributed by atoms with Gasteiger partial charge in [-0.15, -0.1) is 0 Å². The van der Waals surface area contributed by atoms with E-state index in [2.05, 4.69) is 20.8 Å². The molecule has 0 bridgehead atoms. The monoisotopic (exact) mass is 422 g/mol. The Labute approximate surface area is 167 Å². The summed E-state index contributed by atoms with van der Waals surface area (Å²) in [4.78, 5) is 15.8. The molecule has 0 radical (unpaired) electrons. The van der Waals surface area contributed by atoms with E-state index < -0.39 is 29.8 Å².